The first-order valence-corrected chi connectivity index (χ1v) is 20.7. The van der Waals surface area contributed by atoms with Crippen molar-refractivity contribution in [3.8, 4) is 0 Å². The first-order chi connectivity index (χ1) is 27.6. The molecule has 17 nitrogen and oxygen atoms in total. The number of rotatable bonds is 12. The van der Waals surface area contributed by atoms with Gasteiger partial charge in [0.2, 0.25) is 0 Å². The molecule has 2 N–H and O–H groups in total. The standard InChI is InChI=1S/C42H67NO16/c1-21(2)16-32(47)57-40-25(6)53-34(20-42(40,8)50)58-37-24(5)54-41(36(49)35(37)43(9)10)59-38-27(14-15-44)17-22(3)28(46)12-13-29-30(56-29)18-23(4)52-33(48)19-31(39(38)51-11)55-26(7)45/h12-13,15,21-25,27,29-31,34-41,49-50H,14,16-20H2,1-11H3/b13-12-/t22-,23-,24-,25+,27+,29+,30+,31-,34+,35-,36-,37-,38+,39+,40+,41+,42-/m1/s1. The van der Waals surface area contributed by atoms with Gasteiger partial charge in [-0.3, -0.25) is 19.2 Å². The number of epoxide rings is 1. The second kappa shape index (κ2) is 21.3. The van der Waals surface area contributed by atoms with Crippen molar-refractivity contribution >= 4 is 30.0 Å². The zero-order valence-electron chi connectivity index (χ0n) is 36.3. The van der Waals surface area contributed by atoms with Crippen LogP contribution >= 0.6 is 0 Å². The number of ketones is 1. The van der Waals surface area contributed by atoms with Crippen LogP contribution in [0.4, 0.5) is 0 Å². The summed E-state index contributed by atoms with van der Waals surface area (Å²) in [4.78, 5) is 65.8. The molecule has 4 aliphatic heterocycles. The van der Waals surface area contributed by atoms with Crippen LogP contribution in [0, 0.1) is 17.8 Å². The molecule has 17 heteroatoms. The molecule has 3 fully saturated rings. The Hall–Kier alpha value is -2.87. The van der Waals surface area contributed by atoms with E-state index in [0.717, 1.165) is 0 Å². The Labute approximate surface area is 347 Å². The molecule has 0 bridgehead atoms. The number of esters is 3. The Morgan fingerprint density at radius 1 is 1.00 bits per heavy atom. The number of aliphatic hydroxyl groups is 2. The third-order valence-corrected chi connectivity index (χ3v) is 11.4. The highest BCUT2D eigenvalue weighted by atomic mass is 16.7. The number of hydrogen-bond acceptors (Lipinski definition) is 17. The van der Waals surface area contributed by atoms with E-state index in [4.69, 9.17) is 42.6 Å². The third-order valence-electron chi connectivity index (χ3n) is 11.4. The summed E-state index contributed by atoms with van der Waals surface area (Å²) in [5.41, 5.74) is -1.51. The molecule has 0 aromatic rings. The second-order valence-electron chi connectivity index (χ2n) is 17.5. The van der Waals surface area contributed by atoms with Gasteiger partial charge in [-0.2, -0.15) is 0 Å². The third kappa shape index (κ3) is 13.3. The smallest absolute Gasteiger partial charge is 0.309 e. The van der Waals surface area contributed by atoms with Crippen LogP contribution in [0.15, 0.2) is 12.2 Å². The first kappa shape index (κ1) is 48.8. The summed E-state index contributed by atoms with van der Waals surface area (Å²) >= 11 is 0. The number of hydrogen-bond donors (Lipinski definition) is 2. The number of ether oxygens (including phenoxy) is 9. The van der Waals surface area contributed by atoms with E-state index >= 15 is 0 Å². The molecule has 0 radical (unpaired) electrons. The summed E-state index contributed by atoms with van der Waals surface area (Å²) < 4.78 is 54.2. The maximum atomic E-state index is 13.4. The zero-order valence-corrected chi connectivity index (χ0v) is 36.3. The number of likely N-dealkylation sites (N-methyl/N-ethyl adjacent to an activating group) is 1. The molecule has 4 heterocycles. The Morgan fingerprint density at radius 2 is 1.69 bits per heavy atom. The van der Waals surface area contributed by atoms with Crippen LogP contribution < -0.4 is 0 Å². The van der Waals surface area contributed by atoms with Gasteiger partial charge in [-0.1, -0.05) is 20.8 Å². The first-order valence-electron chi connectivity index (χ1n) is 20.7. The Kier molecular flexibility index (Phi) is 17.6. The van der Waals surface area contributed by atoms with Gasteiger partial charge in [-0.25, -0.2) is 0 Å². The Balaban J connectivity index is 1.64. The highest BCUT2D eigenvalue weighted by Gasteiger charge is 2.53. The van der Waals surface area contributed by atoms with Crippen molar-refractivity contribution in [1.29, 1.82) is 0 Å². The van der Waals surface area contributed by atoms with Gasteiger partial charge < -0.3 is 62.5 Å². The van der Waals surface area contributed by atoms with E-state index in [0.29, 0.717) is 12.7 Å². The summed E-state index contributed by atoms with van der Waals surface area (Å²) in [5.74, 6) is -3.35. The van der Waals surface area contributed by atoms with Crippen LogP contribution in [-0.2, 0) is 66.6 Å². The van der Waals surface area contributed by atoms with E-state index in [1.807, 2.05) is 13.8 Å². The predicted molar refractivity (Wildman–Crippen MR) is 208 cm³/mol. The lowest BCUT2D eigenvalue weighted by Gasteiger charge is -2.50. The summed E-state index contributed by atoms with van der Waals surface area (Å²) in [6.45, 7) is 13.4. The number of aliphatic hydroxyl groups excluding tert-OH is 1. The van der Waals surface area contributed by atoms with Crippen LogP contribution in [0.3, 0.4) is 0 Å². The summed E-state index contributed by atoms with van der Waals surface area (Å²) in [6, 6.07) is -0.800. The molecule has 0 amide bonds. The molecule has 59 heavy (non-hydrogen) atoms. The minimum Gasteiger partial charge on any atom is -0.462 e. The van der Waals surface area contributed by atoms with Crippen molar-refractivity contribution < 1.29 is 76.8 Å². The maximum absolute atomic E-state index is 13.4. The molecule has 0 aromatic carbocycles. The van der Waals surface area contributed by atoms with E-state index in [2.05, 4.69) is 0 Å². The predicted octanol–water partition coefficient (Wildman–Crippen LogP) is 2.43. The van der Waals surface area contributed by atoms with Crippen molar-refractivity contribution in [2.24, 2.45) is 17.8 Å². The Morgan fingerprint density at radius 3 is 2.29 bits per heavy atom. The number of allylic oxidation sites excluding steroid dienone is 1. The molecule has 3 saturated heterocycles. The van der Waals surface area contributed by atoms with Crippen molar-refractivity contribution in [1.82, 2.24) is 4.90 Å². The van der Waals surface area contributed by atoms with Gasteiger partial charge in [-0.15, -0.1) is 0 Å². The fourth-order valence-corrected chi connectivity index (χ4v) is 8.51. The lowest BCUT2D eigenvalue weighted by atomic mass is 9.83. The molecule has 0 saturated carbocycles. The molecule has 0 aliphatic carbocycles. The molecule has 17 atom stereocenters. The van der Waals surface area contributed by atoms with Crippen LogP contribution in [0.1, 0.15) is 93.9 Å². The molecule has 4 rings (SSSR count). The molecular weight excluding hydrogens is 774 g/mol. The van der Waals surface area contributed by atoms with Gasteiger partial charge in [0.25, 0.3) is 0 Å². The normalized spacial score (nSPS) is 41.7. The van der Waals surface area contributed by atoms with Gasteiger partial charge in [0.05, 0.1) is 36.9 Å². The summed E-state index contributed by atoms with van der Waals surface area (Å²) in [5, 5.41) is 23.5. The molecule has 0 unspecified atom stereocenters. The quantitative estimate of drug-likeness (QED) is 0.125. The topological polar surface area (TPSA) is 215 Å². The van der Waals surface area contributed by atoms with Crippen LogP contribution in [0.5, 0.6) is 0 Å². The number of fused-ring (bicyclic) bond motifs is 1. The van der Waals surface area contributed by atoms with Crippen molar-refractivity contribution in [3.63, 3.8) is 0 Å². The van der Waals surface area contributed by atoms with Gasteiger partial charge in [-0.05, 0) is 72.2 Å². The molecule has 0 aromatic heterocycles. The summed E-state index contributed by atoms with van der Waals surface area (Å²) in [6.07, 6.45) is -7.99. The highest BCUT2D eigenvalue weighted by Crippen LogP contribution is 2.38. The Bertz CT molecular complexity index is 1470. The summed E-state index contributed by atoms with van der Waals surface area (Å²) in [7, 11) is 4.82. The zero-order chi connectivity index (χ0) is 43.9. The minimum absolute atomic E-state index is 0.0551. The lowest BCUT2D eigenvalue weighted by molar-refractivity contribution is -0.344. The number of cyclic esters (lactones) is 1. The van der Waals surface area contributed by atoms with Crippen LogP contribution in [0.25, 0.3) is 0 Å². The van der Waals surface area contributed by atoms with Gasteiger partial charge in [0.1, 0.15) is 48.5 Å². The number of aldehydes is 1. The van der Waals surface area contributed by atoms with E-state index in [9.17, 15) is 34.2 Å². The van der Waals surface area contributed by atoms with E-state index in [1.54, 1.807) is 59.7 Å². The lowest BCUT2D eigenvalue weighted by Crippen LogP contribution is -2.66. The van der Waals surface area contributed by atoms with Crippen molar-refractivity contribution in [3.05, 3.63) is 12.2 Å². The van der Waals surface area contributed by atoms with Crippen molar-refractivity contribution in [2.75, 3.05) is 21.2 Å². The maximum Gasteiger partial charge on any atom is 0.309 e. The fourth-order valence-electron chi connectivity index (χ4n) is 8.51. The monoisotopic (exact) mass is 841 g/mol. The van der Waals surface area contributed by atoms with E-state index in [1.165, 1.54) is 20.1 Å². The molecule has 336 valence electrons. The minimum atomic E-state index is -1.51. The fraction of sp³-hybridized carbons (Fsp3) is 0.833. The number of carbonyl (C=O) groups is 5. The van der Waals surface area contributed by atoms with Gasteiger partial charge >= 0.3 is 17.9 Å². The van der Waals surface area contributed by atoms with Crippen molar-refractivity contribution in [2.45, 2.75) is 185 Å². The van der Waals surface area contributed by atoms with Crippen LogP contribution in [-0.4, -0.2) is 158 Å². The highest BCUT2D eigenvalue weighted by molar-refractivity contribution is 5.91. The van der Waals surface area contributed by atoms with Gasteiger partial charge in [0.15, 0.2) is 24.5 Å². The molecule has 0 spiro atoms. The second-order valence-corrected chi connectivity index (χ2v) is 17.5. The number of methoxy groups -OCH3 is 1. The number of nitrogens with zero attached hydrogens (tertiary/aromatic N) is 1. The van der Waals surface area contributed by atoms with Gasteiger partial charge in [0, 0.05) is 45.6 Å². The number of carbonyl (C=O) groups excluding carboxylic acids is 5. The van der Waals surface area contributed by atoms with Crippen LogP contribution in [0.2, 0.25) is 0 Å². The molecule has 4 aliphatic rings. The average molecular weight is 842 g/mol. The van der Waals surface area contributed by atoms with E-state index in [-0.39, 0.29) is 49.6 Å². The SMILES string of the molecule is CO[C@@H]1[C@@H](O[C@@H]2O[C@H](C)[C@@H](O[C@H]3C[C@@](C)(O)[C@@H](OC(=O)CC(C)C)[C@H](C)O3)[C@H](N(C)C)[C@H]2O)[C@@H](CC=O)C[C@@H](C)C(=O)/C=C\[C@@H]2O[C@H]2C[C@@H](C)OC(=O)C[C@H]1OC(C)=O. The van der Waals surface area contributed by atoms with E-state index < -0.39 is 115 Å². The average Bonchev–Trinajstić information content (AvgIpc) is 3.85. The largest absolute Gasteiger partial charge is 0.462 e. The molecular formula is C42H67NO16.